The molecule has 7 heteroatoms. The van der Waals surface area contributed by atoms with Crippen molar-refractivity contribution < 1.29 is 4.79 Å². The lowest BCUT2D eigenvalue weighted by Gasteiger charge is -2.33. The lowest BCUT2D eigenvalue weighted by Crippen LogP contribution is -2.40. The van der Waals surface area contributed by atoms with Crippen molar-refractivity contribution in [3.8, 4) is 0 Å². The van der Waals surface area contributed by atoms with Crippen LogP contribution in [0.3, 0.4) is 0 Å². The highest BCUT2D eigenvalue weighted by molar-refractivity contribution is 5.94. The zero-order valence-electron chi connectivity index (χ0n) is 13.9. The lowest BCUT2D eigenvalue weighted by molar-refractivity contribution is 0.0679. The number of benzene rings is 1. The maximum Gasteiger partial charge on any atom is 0.253 e. The van der Waals surface area contributed by atoms with E-state index in [0.717, 1.165) is 37.1 Å². The number of rotatable bonds is 4. The fraction of sp³-hybridized carbons (Fsp3) is 0.333. The molecule has 0 spiro atoms. The van der Waals surface area contributed by atoms with Crippen molar-refractivity contribution in [3.05, 3.63) is 66.8 Å². The van der Waals surface area contributed by atoms with Crippen molar-refractivity contribution in [3.63, 3.8) is 0 Å². The summed E-state index contributed by atoms with van der Waals surface area (Å²) in [6.07, 6.45) is 10.9. The first-order valence-corrected chi connectivity index (χ1v) is 8.47. The number of hydrogen-bond acceptors (Lipinski definition) is 4. The SMILES string of the molecule is O=C(c1ccc(Cn2cncn2)cc1)N1CCC[C@H](n2ccnc2)C1. The summed E-state index contributed by atoms with van der Waals surface area (Å²) in [5.74, 6) is 0.0946. The van der Waals surface area contributed by atoms with E-state index in [9.17, 15) is 4.79 Å². The van der Waals surface area contributed by atoms with Crippen molar-refractivity contribution in [2.24, 2.45) is 0 Å². The Morgan fingerprint density at radius 2 is 2.04 bits per heavy atom. The summed E-state index contributed by atoms with van der Waals surface area (Å²) in [7, 11) is 0. The molecule has 7 nitrogen and oxygen atoms in total. The number of piperidine rings is 1. The molecular formula is C18H20N6O. The van der Waals surface area contributed by atoms with Crippen LogP contribution in [0.15, 0.2) is 55.6 Å². The van der Waals surface area contributed by atoms with Crippen LogP contribution in [-0.4, -0.2) is 48.2 Å². The van der Waals surface area contributed by atoms with E-state index in [0.29, 0.717) is 12.6 Å². The molecular weight excluding hydrogens is 316 g/mol. The molecule has 1 aliphatic heterocycles. The van der Waals surface area contributed by atoms with E-state index in [-0.39, 0.29) is 5.91 Å². The normalized spacial score (nSPS) is 17.6. The monoisotopic (exact) mass is 336 g/mol. The van der Waals surface area contributed by atoms with Gasteiger partial charge in [-0.1, -0.05) is 12.1 Å². The van der Waals surface area contributed by atoms with E-state index >= 15 is 0 Å². The molecule has 1 aliphatic rings. The van der Waals surface area contributed by atoms with Crippen molar-refractivity contribution in [1.29, 1.82) is 0 Å². The Morgan fingerprint density at radius 1 is 1.16 bits per heavy atom. The fourth-order valence-corrected chi connectivity index (χ4v) is 3.30. The Kier molecular flexibility index (Phi) is 4.28. The van der Waals surface area contributed by atoms with Gasteiger partial charge in [0.2, 0.25) is 0 Å². The van der Waals surface area contributed by atoms with Crippen LogP contribution < -0.4 is 0 Å². The van der Waals surface area contributed by atoms with Gasteiger partial charge in [-0.25, -0.2) is 14.6 Å². The third kappa shape index (κ3) is 3.45. The zero-order valence-corrected chi connectivity index (χ0v) is 13.9. The molecule has 0 aliphatic carbocycles. The highest BCUT2D eigenvalue weighted by Crippen LogP contribution is 2.22. The maximum atomic E-state index is 12.8. The largest absolute Gasteiger partial charge is 0.337 e. The number of aromatic nitrogens is 5. The second-order valence-corrected chi connectivity index (χ2v) is 6.35. The minimum Gasteiger partial charge on any atom is -0.337 e. The molecule has 1 saturated heterocycles. The molecule has 4 rings (SSSR count). The van der Waals surface area contributed by atoms with Crippen LogP contribution in [0, 0.1) is 0 Å². The van der Waals surface area contributed by atoms with Gasteiger partial charge in [0.25, 0.3) is 5.91 Å². The van der Waals surface area contributed by atoms with Crippen molar-refractivity contribution in [2.75, 3.05) is 13.1 Å². The summed E-state index contributed by atoms with van der Waals surface area (Å²) in [4.78, 5) is 22.8. The van der Waals surface area contributed by atoms with Crippen LogP contribution in [-0.2, 0) is 6.54 Å². The first kappa shape index (κ1) is 15.6. The lowest BCUT2D eigenvalue weighted by atomic mass is 10.0. The summed E-state index contributed by atoms with van der Waals surface area (Å²) in [6, 6.07) is 8.07. The van der Waals surface area contributed by atoms with Gasteiger partial charge in [0, 0.05) is 31.0 Å². The summed E-state index contributed by atoms with van der Waals surface area (Å²) >= 11 is 0. The molecule has 1 atom stereocenters. The highest BCUT2D eigenvalue weighted by Gasteiger charge is 2.25. The van der Waals surface area contributed by atoms with Gasteiger partial charge in [-0.15, -0.1) is 0 Å². The number of carbonyl (C=O) groups excluding carboxylic acids is 1. The Hall–Kier alpha value is -2.96. The Bertz CT molecular complexity index is 810. The van der Waals surface area contributed by atoms with Crippen LogP contribution in [0.5, 0.6) is 0 Å². The van der Waals surface area contributed by atoms with Crippen molar-refractivity contribution in [2.45, 2.75) is 25.4 Å². The van der Waals surface area contributed by atoms with Gasteiger partial charge in [-0.2, -0.15) is 5.10 Å². The molecule has 3 heterocycles. The van der Waals surface area contributed by atoms with Gasteiger partial charge < -0.3 is 9.47 Å². The Labute approximate surface area is 145 Å². The Morgan fingerprint density at radius 3 is 2.76 bits per heavy atom. The number of amides is 1. The van der Waals surface area contributed by atoms with Crippen molar-refractivity contribution >= 4 is 5.91 Å². The summed E-state index contributed by atoms with van der Waals surface area (Å²) in [5, 5.41) is 4.10. The van der Waals surface area contributed by atoms with Crippen LogP contribution >= 0.6 is 0 Å². The van der Waals surface area contributed by atoms with Gasteiger partial charge >= 0.3 is 0 Å². The van der Waals surface area contributed by atoms with E-state index < -0.39 is 0 Å². The average Bonchev–Trinajstić information content (AvgIpc) is 3.36. The minimum absolute atomic E-state index is 0.0946. The number of likely N-dealkylation sites (tertiary alicyclic amines) is 1. The number of imidazole rings is 1. The summed E-state index contributed by atoms with van der Waals surface area (Å²) in [6.45, 7) is 2.20. The second kappa shape index (κ2) is 6.88. The highest BCUT2D eigenvalue weighted by atomic mass is 16.2. The van der Waals surface area contributed by atoms with Crippen LogP contribution in [0.25, 0.3) is 0 Å². The molecule has 25 heavy (non-hydrogen) atoms. The van der Waals surface area contributed by atoms with Gasteiger partial charge in [0.15, 0.2) is 0 Å². The second-order valence-electron chi connectivity index (χ2n) is 6.35. The van der Waals surface area contributed by atoms with Gasteiger partial charge in [-0.05, 0) is 30.5 Å². The molecule has 0 saturated carbocycles. The zero-order chi connectivity index (χ0) is 17.1. The molecule has 0 unspecified atom stereocenters. The van der Waals surface area contributed by atoms with E-state index in [2.05, 4.69) is 19.6 Å². The van der Waals surface area contributed by atoms with Gasteiger partial charge in [0.05, 0.1) is 18.9 Å². The molecule has 1 fully saturated rings. The summed E-state index contributed by atoms with van der Waals surface area (Å²) in [5.41, 5.74) is 1.82. The molecule has 1 aromatic carbocycles. The number of carbonyl (C=O) groups is 1. The van der Waals surface area contributed by atoms with E-state index in [4.69, 9.17) is 0 Å². The van der Waals surface area contributed by atoms with Crippen molar-refractivity contribution in [1.82, 2.24) is 29.2 Å². The van der Waals surface area contributed by atoms with E-state index in [1.54, 1.807) is 17.2 Å². The van der Waals surface area contributed by atoms with Crippen LogP contribution in [0.2, 0.25) is 0 Å². The topological polar surface area (TPSA) is 68.8 Å². The van der Waals surface area contributed by atoms with Gasteiger partial charge in [0.1, 0.15) is 12.7 Å². The standard InChI is InChI=1S/C18H20N6O/c25-18(22-8-1-2-17(11-22)23-9-7-19-13-23)16-5-3-15(4-6-16)10-24-14-20-12-21-24/h3-7,9,12-14,17H,1-2,8,10-11H2/t17-/m0/s1. The first-order valence-electron chi connectivity index (χ1n) is 8.47. The Balaban J connectivity index is 1.43. The summed E-state index contributed by atoms with van der Waals surface area (Å²) < 4.78 is 3.86. The smallest absolute Gasteiger partial charge is 0.253 e. The third-order valence-electron chi connectivity index (χ3n) is 4.64. The number of hydrogen-bond donors (Lipinski definition) is 0. The average molecular weight is 336 g/mol. The molecule has 128 valence electrons. The predicted molar refractivity (Wildman–Crippen MR) is 92.0 cm³/mol. The van der Waals surface area contributed by atoms with Gasteiger partial charge in [-0.3, -0.25) is 4.79 Å². The maximum absolute atomic E-state index is 12.8. The molecule has 2 aromatic heterocycles. The molecule has 1 amide bonds. The molecule has 0 N–H and O–H groups in total. The van der Waals surface area contributed by atoms with Crippen LogP contribution in [0.4, 0.5) is 0 Å². The minimum atomic E-state index is 0.0946. The fourth-order valence-electron chi connectivity index (χ4n) is 3.30. The third-order valence-corrected chi connectivity index (χ3v) is 4.64. The number of nitrogens with zero attached hydrogens (tertiary/aromatic N) is 6. The predicted octanol–water partition coefficient (Wildman–Crippen LogP) is 2.00. The quantitative estimate of drug-likeness (QED) is 0.731. The molecule has 0 bridgehead atoms. The molecule has 3 aromatic rings. The first-order chi connectivity index (χ1) is 12.3. The molecule has 0 radical (unpaired) electrons. The van der Waals surface area contributed by atoms with Crippen LogP contribution in [0.1, 0.15) is 34.8 Å². The van der Waals surface area contributed by atoms with E-state index in [1.165, 1.54) is 6.33 Å². The van der Waals surface area contributed by atoms with E-state index in [1.807, 2.05) is 41.7 Å².